The maximum atomic E-state index is 12.7. The normalized spacial score (nSPS) is 16.3. The number of carbonyl (C=O) groups is 2. The standard InChI is InChI=1S/C25H20N2O3S/c1-16-9-11-21(12-10-16)26-25-27(2)23(28)22(31-25)14-17-5-3-6-18(13-17)19-7-4-8-20(15-19)24(29)30/h3-15H,1-2H3,(H,29,30)/b22-14-,26-25+. The average Bonchev–Trinajstić information content (AvgIpc) is 3.03. The lowest BCUT2D eigenvalue weighted by Crippen LogP contribution is -2.23. The quantitative estimate of drug-likeness (QED) is 0.550. The molecule has 0 aromatic heterocycles. The molecule has 31 heavy (non-hydrogen) atoms. The summed E-state index contributed by atoms with van der Waals surface area (Å²) < 4.78 is 0. The fourth-order valence-electron chi connectivity index (χ4n) is 3.17. The van der Waals surface area contributed by atoms with Crippen molar-refractivity contribution in [1.82, 2.24) is 4.90 Å². The number of aryl methyl sites for hydroxylation is 1. The van der Waals surface area contributed by atoms with E-state index in [4.69, 9.17) is 0 Å². The first-order valence-electron chi connectivity index (χ1n) is 9.67. The highest BCUT2D eigenvalue weighted by molar-refractivity contribution is 8.18. The number of likely N-dealkylation sites (N-methyl/N-ethyl adjacent to an activating group) is 1. The summed E-state index contributed by atoms with van der Waals surface area (Å²) in [6.45, 7) is 2.02. The van der Waals surface area contributed by atoms with Crippen molar-refractivity contribution in [2.45, 2.75) is 6.92 Å². The first kappa shape index (κ1) is 20.6. The van der Waals surface area contributed by atoms with Crippen molar-refractivity contribution in [3.63, 3.8) is 0 Å². The molecule has 0 bridgehead atoms. The maximum absolute atomic E-state index is 12.7. The van der Waals surface area contributed by atoms with Gasteiger partial charge in [-0.3, -0.25) is 9.69 Å². The van der Waals surface area contributed by atoms with E-state index in [9.17, 15) is 14.7 Å². The number of benzene rings is 3. The van der Waals surface area contributed by atoms with Crippen LogP contribution in [0.2, 0.25) is 0 Å². The zero-order valence-electron chi connectivity index (χ0n) is 17.1. The molecule has 5 nitrogen and oxygen atoms in total. The first-order valence-corrected chi connectivity index (χ1v) is 10.5. The van der Waals surface area contributed by atoms with Gasteiger partial charge in [0, 0.05) is 7.05 Å². The SMILES string of the molecule is Cc1ccc(/N=C2/S/C(=C\c3cccc(-c4cccc(C(=O)O)c4)c3)C(=O)N2C)cc1. The highest BCUT2D eigenvalue weighted by Gasteiger charge is 2.30. The molecule has 0 aliphatic carbocycles. The lowest BCUT2D eigenvalue weighted by Gasteiger charge is -2.07. The number of carbonyl (C=O) groups excluding carboxylic acids is 1. The molecule has 0 atom stereocenters. The summed E-state index contributed by atoms with van der Waals surface area (Å²) in [5, 5.41) is 9.86. The number of hydrogen-bond acceptors (Lipinski definition) is 4. The van der Waals surface area contributed by atoms with E-state index >= 15 is 0 Å². The Morgan fingerprint density at radius 2 is 1.68 bits per heavy atom. The number of hydrogen-bond donors (Lipinski definition) is 1. The Kier molecular flexibility index (Phi) is 5.73. The van der Waals surface area contributed by atoms with Crippen LogP contribution < -0.4 is 0 Å². The molecule has 3 aromatic rings. The number of carboxylic acids is 1. The number of aliphatic imine (C=N–C) groups is 1. The lowest BCUT2D eigenvalue weighted by molar-refractivity contribution is -0.121. The van der Waals surface area contributed by atoms with Gasteiger partial charge in [0.05, 0.1) is 16.2 Å². The molecule has 0 unspecified atom stereocenters. The van der Waals surface area contributed by atoms with Crippen molar-refractivity contribution < 1.29 is 14.7 Å². The lowest BCUT2D eigenvalue weighted by atomic mass is 10.0. The Labute approximate surface area is 184 Å². The predicted octanol–water partition coefficient (Wildman–Crippen LogP) is 5.59. The molecule has 1 heterocycles. The van der Waals surface area contributed by atoms with Gasteiger partial charge >= 0.3 is 5.97 Å². The second-order valence-electron chi connectivity index (χ2n) is 7.22. The van der Waals surface area contributed by atoms with Gasteiger partial charge in [-0.25, -0.2) is 9.79 Å². The molecule has 1 saturated heterocycles. The Morgan fingerprint density at radius 3 is 2.39 bits per heavy atom. The summed E-state index contributed by atoms with van der Waals surface area (Å²) in [6.07, 6.45) is 1.84. The second-order valence-corrected chi connectivity index (χ2v) is 8.23. The van der Waals surface area contributed by atoms with E-state index in [0.29, 0.717) is 10.1 Å². The van der Waals surface area contributed by atoms with E-state index < -0.39 is 5.97 Å². The molecule has 3 aromatic carbocycles. The minimum absolute atomic E-state index is 0.103. The molecular formula is C25H20N2O3S. The third-order valence-corrected chi connectivity index (χ3v) is 5.95. The van der Waals surface area contributed by atoms with Crippen molar-refractivity contribution in [2.24, 2.45) is 4.99 Å². The van der Waals surface area contributed by atoms with E-state index in [1.54, 1.807) is 30.1 Å². The number of nitrogens with zero attached hydrogens (tertiary/aromatic N) is 2. The van der Waals surface area contributed by atoms with Crippen LogP contribution in [0.25, 0.3) is 17.2 Å². The molecule has 1 N–H and O–H groups in total. The molecule has 1 aliphatic rings. The van der Waals surface area contributed by atoms with Gasteiger partial charge in [0.2, 0.25) is 0 Å². The van der Waals surface area contributed by atoms with Gasteiger partial charge in [0.1, 0.15) is 0 Å². The summed E-state index contributed by atoms with van der Waals surface area (Å²) in [4.78, 5) is 30.7. The fraction of sp³-hybridized carbons (Fsp3) is 0.0800. The number of carboxylic acid groups (broad SMARTS) is 1. The molecule has 0 saturated carbocycles. The Hall–Kier alpha value is -3.64. The van der Waals surface area contributed by atoms with Gasteiger partial charge in [0.25, 0.3) is 5.91 Å². The van der Waals surface area contributed by atoms with Crippen LogP contribution in [0.15, 0.2) is 82.7 Å². The van der Waals surface area contributed by atoms with Crippen molar-refractivity contribution in [2.75, 3.05) is 7.05 Å². The zero-order valence-corrected chi connectivity index (χ0v) is 17.9. The summed E-state index contributed by atoms with van der Waals surface area (Å²) in [5.41, 5.74) is 4.75. The van der Waals surface area contributed by atoms with Crippen LogP contribution in [0.5, 0.6) is 0 Å². The highest BCUT2D eigenvalue weighted by atomic mass is 32.2. The Bertz CT molecular complexity index is 1230. The number of amides is 1. The van der Waals surface area contributed by atoms with Crippen molar-refractivity contribution in [1.29, 1.82) is 0 Å². The van der Waals surface area contributed by atoms with Gasteiger partial charge in [-0.15, -0.1) is 0 Å². The van der Waals surface area contributed by atoms with E-state index in [0.717, 1.165) is 27.9 Å². The number of rotatable bonds is 4. The molecule has 154 valence electrons. The average molecular weight is 429 g/mol. The Morgan fingerprint density at radius 1 is 1.00 bits per heavy atom. The Balaban J connectivity index is 1.62. The van der Waals surface area contributed by atoms with Gasteiger partial charge in [-0.2, -0.15) is 0 Å². The molecular weight excluding hydrogens is 408 g/mol. The molecule has 0 spiro atoms. The predicted molar refractivity (Wildman–Crippen MR) is 125 cm³/mol. The van der Waals surface area contributed by atoms with Crippen LogP contribution in [-0.2, 0) is 4.79 Å². The van der Waals surface area contributed by atoms with Crippen LogP contribution in [0.3, 0.4) is 0 Å². The molecule has 6 heteroatoms. The zero-order chi connectivity index (χ0) is 22.0. The minimum atomic E-state index is -0.962. The number of amidine groups is 1. The van der Waals surface area contributed by atoms with Crippen molar-refractivity contribution >= 4 is 40.6 Å². The summed E-state index contributed by atoms with van der Waals surface area (Å²) >= 11 is 1.34. The van der Waals surface area contributed by atoms with Gasteiger partial charge in [-0.1, -0.05) is 48.0 Å². The van der Waals surface area contributed by atoms with Crippen molar-refractivity contribution in [3.05, 3.63) is 94.4 Å². The molecule has 4 rings (SSSR count). The number of thioether (sulfide) groups is 1. The molecule has 0 radical (unpaired) electrons. The van der Waals surface area contributed by atoms with Crippen molar-refractivity contribution in [3.8, 4) is 11.1 Å². The summed E-state index contributed by atoms with van der Waals surface area (Å²) in [6, 6.07) is 22.3. The summed E-state index contributed by atoms with van der Waals surface area (Å²) in [7, 11) is 1.72. The number of aromatic carboxylic acids is 1. The topological polar surface area (TPSA) is 70.0 Å². The summed E-state index contributed by atoms with van der Waals surface area (Å²) in [5.74, 6) is -1.06. The highest BCUT2D eigenvalue weighted by Crippen LogP contribution is 2.33. The van der Waals surface area contributed by atoms with E-state index in [1.165, 1.54) is 11.8 Å². The first-order chi connectivity index (χ1) is 14.9. The fourth-order valence-corrected chi connectivity index (χ4v) is 4.16. The second kappa shape index (κ2) is 8.62. The minimum Gasteiger partial charge on any atom is -0.478 e. The van der Waals surface area contributed by atoms with E-state index in [1.807, 2.05) is 67.6 Å². The van der Waals surface area contributed by atoms with Crippen LogP contribution in [-0.4, -0.2) is 34.1 Å². The van der Waals surface area contributed by atoms with Crippen LogP contribution in [0.1, 0.15) is 21.5 Å². The molecule has 1 fully saturated rings. The molecule has 1 amide bonds. The third-order valence-electron chi connectivity index (χ3n) is 4.89. The maximum Gasteiger partial charge on any atom is 0.335 e. The van der Waals surface area contributed by atoms with Gasteiger partial charge in [-0.05, 0) is 71.8 Å². The third kappa shape index (κ3) is 4.59. The molecule has 1 aliphatic heterocycles. The van der Waals surface area contributed by atoms with Gasteiger partial charge < -0.3 is 5.11 Å². The monoisotopic (exact) mass is 428 g/mol. The van der Waals surface area contributed by atoms with Crippen LogP contribution in [0.4, 0.5) is 5.69 Å². The van der Waals surface area contributed by atoms with E-state index in [2.05, 4.69) is 4.99 Å². The van der Waals surface area contributed by atoms with Gasteiger partial charge in [0.15, 0.2) is 5.17 Å². The van der Waals surface area contributed by atoms with E-state index in [-0.39, 0.29) is 11.5 Å². The largest absolute Gasteiger partial charge is 0.478 e. The van der Waals surface area contributed by atoms with Crippen LogP contribution in [0, 0.1) is 6.92 Å². The van der Waals surface area contributed by atoms with Crippen LogP contribution >= 0.6 is 11.8 Å². The smallest absolute Gasteiger partial charge is 0.335 e.